The molecule has 0 fully saturated rings. The number of benzene rings is 1. The van der Waals surface area contributed by atoms with Gasteiger partial charge in [-0.05, 0) is 32.0 Å². The van der Waals surface area contributed by atoms with Gasteiger partial charge in [-0.15, -0.1) is 0 Å². The van der Waals surface area contributed by atoms with Gasteiger partial charge in [0.05, 0.1) is 17.6 Å². The zero-order valence-corrected chi connectivity index (χ0v) is 12.5. The first-order chi connectivity index (χ1) is 9.87. The molecule has 1 unspecified atom stereocenters. The normalized spacial score (nSPS) is 11.3. The van der Waals surface area contributed by atoms with Crippen LogP contribution >= 0.6 is 11.6 Å². The zero-order valence-electron chi connectivity index (χ0n) is 11.8. The average molecular weight is 310 g/mol. The van der Waals surface area contributed by atoms with Crippen molar-refractivity contribution in [2.45, 2.75) is 13.8 Å². The molecule has 21 heavy (non-hydrogen) atoms. The van der Waals surface area contributed by atoms with Crippen molar-refractivity contribution < 1.29 is 14.7 Å². The second-order valence-corrected chi connectivity index (χ2v) is 4.97. The number of carboxylic acid groups (broad SMARTS) is 1. The maximum atomic E-state index is 12.1. The molecule has 2 amide bonds. The van der Waals surface area contributed by atoms with Crippen molar-refractivity contribution in [1.29, 1.82) is 5.26 Å². The number of amides is 2. The molecule has 1 atom stereocenters. The number of halogens is 1. The number of urea groups is 1. The van der Waals surface area contributed by atoms with E-state index in [1.54, 1.807) is 13.8 Å². The number of hydrogen-bond donors (Lipinski definition) is 2. The van der Waals surface area contributed by atoms with Crippen molar-refractivity contribution in [3.63, 3.8) is 0 Å². The summed E-state index contributed by atoms with van der Waals surface area (Å²) in [5.74, 6) is -1.41. The largest absolute Gasteiger partial charge is 0.478 e. The van der Waals surface area contributed by atoms with Crippen LogP contribution in [-0.2, 0) is 0 Å². The van der Waals surface area contributed by atoms with E-state index in [0.29, 0.717) is 18.8 Å². The van der Waals surface area contributed by atoms with Gasteiger partial charge in [0.15, 0.2) is 0 Å². The second-order valence-electron chi connectivity index (χ2n) is 4.53. The number of carbonyl (C=O) groups is 2. The van der Waals surface area contributed by atoms with E-state index in [1.165, 1.54) is 23.1 Å². The van der Waals surface area contributed by atoms with Crippen molar-refractivity contribution in [2.75, 3.05) is 18.4 Å². The standard InChI is InChI=1S/C14H16ClN3O3/c1-3-18(8-9(2)7-16)14(21)17-12-5-10(13(19)20)4-11(15)6-12/h4-6,9H,3,8H2,1-2H3,(H,17,21)(H,19,20). The van der Waals surface area contributed by atoms with Crippen LogP contribution in [0.2, 0.25) is 5.02 Å². The van der Waals surface area contributed by atoms with Gasteiger partial charge in [0.25, 0.3) is 0 Å². The quantitative estimate of drug-likeness (QED) is 0.874. The Balaban J connectivity index is 2.87. The van der Waals surface area contributed by atoms with Crippen molar-refractivity contribution in [2.24, 2.45) is 5.92 Å². The highest BCUT2D eigenvalue weighted by molar-refractivity contribution is 6.31. The van der Waals surface area contributed by atoms with E-state index in [9.17, 15) is 9.59 Å². The molecule has 0 aliphatic heterocycles. The van der Waals surface area contributed by atoms with Crippen LogP contribution in [0.1, 0.15) is 24.2 Å². The number of nitriles is 1. The average Bonchev–Trinajstić information content (AvgIpc) is 2.43. The van der Waals surface area contributed by atoms with Gasteiger partial charge in [-0.2, -0.15) is 5.26 Å². The van der Waals surface area contributed by atoms with E-state index in [2.05, 4.69) is 11.4 Å². The van der Waals surface area contributed by atoms with E-state index < -0.39 is 12.0 Å². The summed E-state index contributed by atoms with van der Waals surface area (Å²) in [5.41, 5.74) is 0.291. The molecule has 0 aliphatic rings. The first-order valence-corrected chi connectivity index (χ1v) is 6.74. The predicted molar refractivity (Wildman–Crippen MR) is 79.5 cm³/mol. The smallest absolute Gasteiger partial charge is 0.335 e. The zero-order chi connectivity index (χ0) is 16.0. The molecule has 1 aromatic rings. The topological polar surface area (TPSA) is 93.4 Å². The van der Waals surface area contributed by atoms with Crippen LogP contribution in [0.5, 0.6) is 0 Å². The molecule has 0 spiro atoms. The van der Waals surface area contributed by atoms with Gasteiger partial charge in [-0.3, -0.25) is 0 Å². The fraction of sp³-hybridized carbons (Fsp3) is 0.357. The molecule has 0 aliphatic carbocycles. The van der Waals surface area contributed by atoms with Crippen molar-refractivity contribution in [1.82, 2.24) is 4.90 Å². The molecule has 0 heterocycles. The Morgan fingerprint density at radius 2 is 2.14 bits per heavy atom. The first-order valence-electron chi connectivity index (χ1n) is 6.36. The molecular weight excluding hydrogens is 294 g/mol. The Kier molecular flexibility index (Phi) is 6.00. The van der Waals surface area contributed by atoms with E-state index in [-0.39, 0.29) is 16.5 Å². The number of nitrogens with one attached hydrogen (secondary N) is 1. The second kappa shape index (κ2) is 7.50. The lowest BCUT2D eigenvalue weighted by molar-refractivity contribution is 0.0697. The van der Waals surface area contributed by atoms with Crippen LogP contribution < -0.4 is 5.32 Å². The third-order valence-electron chi connectivity index (χ3n) is 2.78. The lowest BCUT2D eigenvalue weighted by Gasteiger charge is -2.22. The summed E-state index contributed by atoms with van der Waals surface area (Å²) in [5, 5.41) is 20.6. The van der Waals surface area contributed by atoms with E-state index in [4.69, 9.17) is 22.0 Å². The minimum absolute atomic E-state index is 0.00811. The van der Waals surface area contributed by atoms with Gasteiger partial charge < -0.3 is 15.3 Å². The van der Waals surface area contributed by atoms with Gasteiger partial charge in [0, 0.05) is 23.8 Å². The van der Waals surface area contributed by atoms with E-state index in [0.717, 1.165) is 0 Å². The molecular formula is C14H16ClN3O3. The van der Waals surface area contributed by atoms with Crippen molar-refractivity contribution in [3.05, 3.63) is 28.8 Å². The fourth-order valence-corrected chi connectivity index (χ4v) is 1.95. The maximum absolute atomic E-state index is 12.1. The summed E-state index contributed by atoms with van der Waals surface area (Å²) < 4.78 is 0. The summed E-state index contributed by atoms with van der Waals surface area (Å²) in [7, 11) is 0. The monoisotopic (exact) mass is 309 g/mol. The summed E-state index contributed by atoms with van der Waals surface area (Å²) in [4.78, 5) is 24.5. The minimum Gasteiger partial charge on any atom is -0.478 e. The molecule has 1 rings (SSSR count). The predicted octanol–water partition coefficient (Wildman–Crippen LogP) is 3.05. The lowest BCUT2D eigenvalue weighted by atomic mass is 10.2. The molecule has 0 aromatic heterocycles. The van der Waals surface area contributed by atoms with Crippen LogP contribution in [0, 0.1) is 17.2 Å². The highest BCUT2D eigenvalue weighted by Crippen LogP contribution is 2.19. The number of nitrogens with zero attached hydrogens (tertiary/aromatic N) is 2. The fourth-order valence-electron chi connectivity index (χ4n) is 1.71. The van der Waals surface area contributed by atoms with E-state index >= 15 is 0 Å². The van der Waals surface area contributed by atoms with Gasteiger partial charge in [-0.1, -0.05) is 11.6 Å². The first kappa shape index (κ1) is 16.8. The van der Waals surface area contributed by atoms with Crippen LogP contribution in [0.4, 0.5) is 10.5 Å². The van der Waals surface area contributed by atoms with Crippen LogP contribution in [0.15, 0.2) is 18.2 Å². The van der Waals surface area contributed by atoms with Gasteiger partial charge >= 0.3 is 12.0 Å². The van der Waals surface area contributed by atoms with E-state index in [1.807, 2.05) is 0 Å². The third kappa shape index (κ3) is 4.97. The van der Waals surface area contributed by atoms with Gasteiger partial charge in [0.2, 0.25) is 0 Å². The third-order valence-corrected chi connectivity index (χ3v) is 3.00. The van der Waals surface area contributed by atoms with Gasteiger partial charge in [0.1, 0.15) is 0 Å². The van der Waals surface area contributed by atoms with Gasteiger partial charge in [-0.25, -0.2) is 9.59 Å². The summed E-state index contributed by atoms with van der Waals surface area (Å²) in [6.45, 7) is 4.25. The molecule has 0 radical (unpaired) electrons. The number of carboxylic acids is 1. The summed E-state index contributed by atoms with van der Waals surface area (Å²) >= 11 is 5.83. The Bertz CT molecular complexity index is 583. The molecule has 7 heteroatoms. The summed E-state index contributed by atoms with van der Waals surface area (Å²) in [6, 6.07) is 5.75. The SMILES string of the molecule is CCN(CC(C)C#N)C(=O)Nc1cc(Cl)cc(C(=O)O)c1. The number of aromatic carboxylic acids is 1. The number of anilines is 1. The highest BCUT2D eigenvalue weighted by Gasteiger charge is 2.16. The molecule has 6 nitrogen and oxygen atoms in total. The van der Waals surface area contributed by atoms with Crippen LogP contribution in [-0.4, -0.2) is 35.1 Å². The Hall–Kier alpha value is -2.26. The molecule has 0 saturated heterocycles. The van der Waals surface area contributed by atoms with Crippen LogP contribution in [0.25, 0.3) is 0 Å². The molecule has 0 saturated carbocycles. The Labute approximate surface area is 127 Å². The van der Waals surface area contributed by atoms with Crippen molar-refractivity contribution in [3.8, 4) is 6.07 Å². The Morgan fingerprint density at radius 1 is 1.48 bits per heavy atom. The number of hydrogen-bond acceptors (Lipinski definition) is 3. The maximum Gasteiger partial charge on any atom is 0.335 e. The molecule has 112 valence electrons. The van der Waals surface area contributed by atoms with Crippen molar-refractivity contribution >= 4 is 29.3 Å². The molecule has 1 aromatic carbocycles. The highest BCUT2D eigenvalue weighted by atomic mass is 35.5. The number of carbonyl (C=O) groups excluding carboxylic acids is 1. The van der Waals surface area contributed by atoms with Crippen LogP contribution in [0.3, 0.4) is 0 Å². The molecule has 2 N–H and O–H groups in total. The molecule has 0 bridgehead atoms. The minimum atomic E-state index is -1.13. The lowest BCUT2D eigenvalue weighted by Crippen LogP contribution is -2.37. The Morgan fingerprint density at radius 3 is 2.67 bits per heavy atom. The summed E-state index contributed by atoms with van der Waals surface area (Å²) in [6.07, 6.45) is 0. The number of rotatable bonds is 5.